The number of carbonyl (C=O) groups excluding carboxylic acids is 1. The van der Waals surface area contributed by atoms with Crippen molar-refractivity contribution in [2.75, 3.05) is 31.1 Å². The molecule has 0 aliphatic carbocycles. The van der Waals surface area contributed by atoms with Crippen molar-refractivity contribution in [2.45, 2.75) is 31.8 Å². The van der Waals surface area contributed by atoms with Gasteiger partial charge in [0.1, 0.15) is 18.0 Å². The monoisotopic (exact) mass is 551 g/mol. The van der Waals surface area contributed by atoms with E-state index in [1.807, 2.05) is 17.9 Å². The van der Waals surface area contributed by atoms with Gasteiger partial charge >= 0.3 is 0 Å². The van der Waals surface area contributed by atoms with Gasteiger partial charge in [-0.1, -0.05) is 17.7 Å². The summed E-state index contributed by atoms with van der Waals surface area (Å²) in [6.07, 6.45) is 4.06. The molecule has 0 spiro atoms. The number of ether oxygens (including phenoxy) is 1. The van der Waals surface area contributed by atoms with Crippen LogP contribution in [0.4, 0.5) is 14.6 Å². The standard InChI is InChI=1S/C29H28ClF2N5O2/c1-18(39-28-7-4-22(30)15-35-28)23-16-37(17-24(23)21-3-5-25(31)26(32)12-21)29(38)20-8-10-36(11-9-20)27-6-2-19(13-33)14-34-27/h2-7,12,14-15,18,20,23-24H,8-11,16-17H2,1H3/t18-,23-,24+/m0/s1. The number of anilines is 1. The second-order valence-corrected chi connectivity index (χ2v) is 10.5. The maximum Gasteiger partial charge on any atom is 0.225 e. The zero-order valence-electron chi connectivity index (χ0n) is 21.4. The van der Waals surface area contributed by atoms with Crippen molar-refractivity contribution in [3.63, 3.8) is 0 Å². The molecule has 4 heterocycles. The van der Waals surface area contributed by atoms with Gasteiger partial charge in [-0.15, -0.1) is 0 Å². The molecule has 1 aromatic carbocycles. The Balaban J connectivity index is 1.29. The van der Waals surface area contributed by atoms with E-state index in [2.05, 4.69) is 20.9 Å². The number of hydrogen-bond donors (Lipinski definition) is 0. The van der Waals surface area contributed by atoms with Crippen molar-refractivity contribution >= 4 is 23.3 Å². The molecular weight excluding hydrogens is 524 g/mol. The maximum atomic E-state index is 14.2. The highest BCUT2D eigenvalue weighted by Gasteiger charge is 2.42. The summed E-state index contributed by atoms with van der Waals surface area (Å²) in [5, 5.41) is 9.49. The van der Waals surface area contributed by atoms with Crippen molar-refractivity contribution in [3.8, 4) is 11.9 Å². The average molecular weight is 552 g/mol. The van der Waals surface area contributed by atoms with E-state index in [4.69, 9.17) is 21.6 Å². The van der Waals surface area contributed by atoms with Gasteiger partial charge < -0.3 is 14.5 Å². The normalized spacial score (nSPS) is 20.5. The highest BCUT2D eigenvalue weighted by atomic mass is 35.5. The Morgan fingerprint density at radius 1 is 1.08 bits per heavy atom. The first kappa shape index (κ1) is 26.8. The molecule has 10 heteroatoms. The Morgan fingerprint density at radius 3 is 2.51 bits per heavy atom. The lowest BCUT2D eigenvalue weighted by molar-refractivity contribution is -0.135. The van der Waals surface area contributed by atoms with Crippen LogP contribution in [0, 0.1) is 34.8 Å². The lowest BCUT2D eigenvalue weighted by Crippen LogP contribution is -2.42. The van der Waals surface area contributed by atoms with Gasteiger partial charge in [0.05, 0.1) is 10.6 Å². The number of rotatable bonds is 6. The molecule has 39 heavy (non-hydrogen) atoms. The Morgan fingerprint density at radius 2 is 1.87 bits per heavy atom. The quantitative estimate of drug-likeness (QED) is 0.418. The van der Waals surface area contributed by atoms with Crippen LogP contribution in [0.2, 0.25) is 5.02 Å². The van der Waals surface area contributed by atoms with Crippen LogP contribution in [-0.4, -0.2) is 53.1 Å². The van der Waals surface area contributed by atoms with E-state index in [0.29, 0.717) is 61.1 Å². The molecule has 0 unspecified atom stereocenters. The summed E-state index contributed by atoms with van der Waals surface area (Å²) in [6.45, 7) is 4.11. The lowest BCUT2D eigenvalue weighted by Gasteiger charge is -2.34. The SMILES string of the molecule is C[C@H](Oc1ccc(Cl)cn1)[C@@H]1CN(C(=O)C2CCN(c3ccc(C#N)cn3)CC2)C[C@@H]1c1ccc(F)c(F)c1. The predicted molar refractivity (Wildman–Crippen MR) is 142 cm³/mol. The molecule has 2 aliphatic heterocycles. The molecule has 0 radical (unpaired) electrons. The first-order valence-corrected chi connectivity index (χ1v) is 13.3. The second-order valence-electron chi connectivity index (χ2n) is 10.1. The first-order chi connectivity index (χ1) is 18.8. The molecule has 202 valence electrons. The molecule has 2 saturated heterocycles. The summed E-state index contributed by atoms with van der Waals surface area (Å²) in [5.74, 6) is -1.07. The Kier molecular flexibility index (Phi) is 7.94. The highest BCUT2D eigenvalue weighted by Crippen LogP contribution is 2.38. The largest absolute Gasteiger partial charge is 0.474 e. The van der Waals surface area contributed by atoms with Crippen LogP contribution >= 0.6 is 11.6 Å². The maximum absolute atomic E-state index is 14.2. The van der Waals surface area contributed by atoms with Crippen molar-refractivity contribution < 1.29 is 18.3 Å². The smallest absolute Gasteiger partial charge is 0.225 e. The van der Waals surface area contributed by atoms with Crippen LogP contribution in [0.1, 0.15) is 36.8 Å². The van der Waals surface area contributed by atoms with E-state index in [0.717, 1.165) is 11.9 Å². The minimum Gasteiger partial charge on any atom is -0.474 e. The average Bonchev–Trinajstić information content (AvgIpc) is 3.41. The molecule has 1 amide bonds. The Hall–Kier alpha value is -3.77. The summed E-state index contributed by atoms with van der Waals surface area (Å²) >= 11 is 5.94. The van der Waals surface area contributed by atoms with E-state index in [9.17, 15) is 13.6 Å². The molecular formula is C29H28ClF2N5O2. The van der Waals surface area contributed by atoms with E-state index < -0.39 is 11.6 Å². The zero-order chi connectivity index (χ0) is 27.5. The number of likely N-dealkylation sites (tertiary alicyclic amines) is 1. The number of halogens is 3. The van der Waals surface area contributed by atoms with Crippen molar-refractivity contribution in [1.29, 1.82) is 5.26 Å². The molecule has 2 aromatic heterocycles. The molecule has 0 bridgehead atoms. The fourth-order valence-corrected chi connectivity index (χ4v) is 5.65. The number of hydrogen-bond acceptors (Lipinski definition) is 6. The molecule has 7 nitrogen and oxygen atoms in total. The molecule has 0 N–H and O–H groups in total. The number of aromatic nitrogens is 2. The summed E-state index contributed by atoms with van der Waals surface area (Å²) in [7, 11) is 0. The molecule has 0 saturated carbocycles. The molecule has 3 aromatic rings. The third-order valence-corrected chi connectivity index (χ3v) is 7.93. The molecule has 5 rings (SSSR count). The zero-order valence-corrected chi connectivity index (χ0v) is 22.2. The fourth-order valence-electron chi connectivity index (χ4n) is 5.54. The van der Waals surface area contributed by atoms with Gasteiger partial charge in [-0.2, -0.15) is 5.26 Å². The van der Waals surface area contributed by atoms with Crippen LogP contribution in [0.3, 0.4) is 0 Å². The van der Waals surface area contributed by atoms with Gasteiger partial charge in [0, 0.05) is 62.4 Å². The van der Waals surface area contributed by atoms with Gasteiger partial charge in [-0.3, -0.25) is 4.79 Å². The first-order valence-electron chi connectivity index (χ1n) is 13.0. The topological polar surface area (TPSA) is 82.4 Å². The van der Waals surface area contributed by atoms with Crippen LogP contribution < -0.4 is 9.64 Å². The summed E-state index contributed by atoms with van der Waals surface area (Å²) in [4.78, 5) is 26.2. The van der Waals surface area contributed by atoms with Gasteiger partial charge in [0.15, 0.2) is 11.6 Å². The van der Waals surface area contributed by atoms with Gasteiger partial charge in [0.2, 0.25) is 11.8 Å². The summed E-state index contributed by atoms with van der Waals surface area (Å²) in [5.41, 5.74) is 1.14. The van der Waals surface area contributed by atoms with Crippen LogP contribution in [-0.2, 0) is 4.79 Å². The number of piperidine rings is 1. The fraction of sp³-hybridized carbons (Fsp3) is 0.379. The van der Waals surface area contributed by atoms with Crippen LogP contribution in [0.25, 0.3) is 0 Å². The minimum atomic E-state index is -0.909. The highest BCUT2D eigenvalue weighted by molar-refractivity contribution is 6.30. The van der Waals surface area contributed by atoms with Gasteiger partial charge in [-0.25, -0.2) is 18.7 Å². The van der Waals surface area contributed by atoms with Crippen LogP contribution in [0.15, 0.2) is 54.9 Å². The van der Waals surface area contributed by atoms with E-state index in [1.54, 1.807) is 30.5 Å². The van der Waals surface area contributed by atoms with Crippen molar-refractivity contribution in [1.82, 2.24) is 14.9 Å². The third-order valence-electron chi connectivity index (χ3n) is 7.70. The number of nitriles is 1. The van der Waals surface area contributed by atoms with E-state index >= 15 is 0 Å². The van der Waals surface area contributed by atoms with Gasteiger partial charge in [0.25, 0.3) is 0 Å². The molecule has 3 atom stereocenters. The summed E-state index contributed by atoms with van der Waals surface area (Å²) < 4.78 is 34.0. The molecule has 2 aliphatic rings. The Labute approximate surface area is 231 Å². The number of pyridine rings is 2. The Bertz CT molecular complexity index is 1360. The number of benzene rings is 1. The third kappa shape index (κ3) is 5.96. The van der Waals surface area contributed by atoms with E-state index in [-0.39, 0.29) is 29.8 Å². The molecule has 2 fully saturated rings. The van der Waals surface area contributed by atoms with Crippen molar-refractivity contribution in [3.05, 3.63) is 82.6 Å². The van der Waals surface area contributed by atoms with Gasteiger partial charge in [-0.05, 0) is 55.7 Å². The summed E-state index contributed by atoms with van der Waals surface area (Å²) in [6, 6.07) is 12.9. The number of carbonyl (C=O) groups is 1. The number of nitrogens with zero attached hydrogens (tertiary/aromatic N) is 5. The van der Waals surface area contributed by atoms with E-state index in [1.165, 1.54) is 12.3 Å². The second kappa shape index (κ2) is 11.5. The lowest BCUT2D eigenvalue weighted by atomic mass is 9.85. The van der Waals surface area contributed by atoms with Crippen LogP contribution in [0.5, 0.6) is 5.88 Å². The number of amides is 1. The predicted octanol–water partition coefficient (Wildman–Crippen LogP) is 5.21. The minimum absolute atomic E-state index is 0.0642. The van der Waals surface area contributed by atoms with Crippen molar-refractivity contribution in [2.24, 2.45) is 11.8 Å².